The van der Waals surface area contributed by atoms with Crippen molar-refractivity contribution in [2.75, 3.05) is 38.0 Å². The van der Waals surface area contributed by atoms with Crippen LogP contribution in [0.1, 0.15) is 12.0 Å². The highest BCUT2D eigenvalue weighted by Gasteiger charge is 2.25. The molecule has 2 aromatic rings. The molecule has 142 valence electrons. The zero-order chi connectivity index (χ0) is 19.1. The Hall–Kier alpha value is -2.80. The molecule has 6 nitrogen and oxygen atoms in total. The van der Waals surface area contributed by atoms with Crippen molar-refractivity contribution in [3.8, 4) is 0 Å². The maximum atomic E-state index is 13.2. The third kappa shape index (κ3) is 5.86. The number of hydrogen-bond acceptors (Lipinski definition) is 3. The van der Waals surface area contributed by atoms with Crippen molar-refractivity contribution < 1.29 is 18.9 Å². The Kier molecular flexibility index (Phi) is 6.49. The minimum atomic E-state index is -0.376. The Morgan fingerprint density at radius 3 is 2.70 bits per heavy atom. The van der Waals surface area contributed by atoms with Crippen molar-refractivity contribution in [2.45, 2.75) is 12.8 Å². The van der Waals surface area contributed by atoms with Crippen molar-refractivity contribution in [3.63, 3.8) is 0 Å². The number of rotatable bonds is 6. The maximum Gasteiger partial charge on any atom is 0.279 e. The monoisotopic (exact) mass is 371 g/mol. The van der Waals surface area contributed by atoms with Crippen LogP contribution in [0.15, 0.2) is 48.8 Å². The second-order valence-electron chi connectivity index (χ2n) is 6.73. The normalized spacial score (nSPS) is 14.8. The number of piperazine rings is 1. The summed E-state index contributed by atoms with van der Waals surface area (Å²) < 4.78 is 13.2. The van der Waals surface area contributed by atoms with Crippen molar-refractivity contribution in [2.24, 2.45) is 0 Å². The number of nitrogens with zero attached hydrogens (tertiary/aromatic N) is 2. The minimum absolute atomic E-state index is 0.141. The molecule has 0 spiro atoms. The summed E-state index contributed by atoms with van der Waals surface area (Å²) >= 11 is 0. The Balaban J connectivity index is 1.39. The molecule has 3 rings (SSSR count). The third-order valence-electron chi connectivity index (χ3n) is 4.69. The van der Waals surface area contributed by atoms with Gasteiger partial charge >= 0.3 is 0 Å². The highest BCUT2D eigenvalue weighted by Crippen LogP contribution is 2.08. The summed E-state index contributed by atoms with van der Waals surface area (Å²) in [5.41, 5.74) is 1.52. The van der Waals surface area contributed by atoms with E-state index in [1.807, 2.05) is 17.0 Å². The number of carbonyl (C=O) groups excluding carboxylic acids is 2. The van der Waals surface area contributed by atoms with E-state index in [1.54, 1.807) is 24.5 Å². The number of nitrogens with one attached hydrogen (secondary N) is 2. The fourth-order valence-corrected chi connectivity index (χ4v) is 3.20. The van der Waals surface area contributed by atoms with Crippen molar-refractivity contribution in [3.05, 3.63) is 60.2 Å². The molecule has 0 atom stereocenters. The van der Waals surface area contributed by atoms with Gasteiger partial charge in [0.05, 0.1) is 26.2 Å². The molecular weight excluding hydrogens is 347 g/mol. The first kappa shape index (κ1) is 19.0. The van der Waals surface area contributed by atoms with Gasteiger partial charge in [-0.1, -0.05) is 12.1 Å². The average Bonchev–Trinajstić information content (AvgIpc) is 2.67. The molecule has 1 fully saturated rings. The largest absolute Gasteiger partial charge is 0.331 e. The first-order valence-corrected chi connectivity index (χ1v) is 9.16. The molecule has 0 radical (unpaired) electrons. The molecular formula is C20H24FN4O2+. The van der Waals surface area contributed by atoms with Gasteiger partial charge in [-0.2, -0.15) is 0 Å². The van der Waals surface area contributed by atoms with Crippen LogP contribution in [0.2, 0.25) is 0 Å². The van der Waals surface area contributed by atoms with E-state index in [0.717, 1.165) is 23.6 Å². The Labute approximate surface area is 158 Å². The van der Waals surface area contributed by atoms with E-state index in [4.69, 9.17) is 0 Å². The van der Waals surface area contributed by atoms with Gasteiger partial charge in [-0.15, -0.1) is 0 Å². The Bertz CT molecular complexity index is 777. The van der Waals surface area contributed by atoms with Gasteiger partial charge in [0.25, 0.3) is 5.91 Å². The highest BCUT2D eigenvalue weighted by atomic mass is 19.1. The number of amides is 2. The third-order valence-corrected chi connectivity index (χ3v) is 4.69. The van der Waals surface area contributed by atoms with Gasteiger partial charge < -0.3 is 15.1 Å². The molecule has 1 aromatic heterocycles. The van der Waals surface area contributed by atoms with E-state index < -0.39 is 0 Å². The SMILES string of the molecule is O=C(C[NH+]1CCN(C(=O)CCc2cccnc2)CC1)Nc1cccc(F)c1. The first-order chi connectivity index (χ1) is 13.1. The smallest absolute Gasteiger partial charge is 0.279 e. The summed E-state index contributed by atoms with van der Waals surface area (Å²) in [6, 6.07) is 9.71. The number of anilines is 1. The van der Waals surface area contributed by atoms with Gasteiger partial charge in [0, 0.05) is 24.5 Å². The van der Waals surface area contributed by atoms with Gasteiger partial charge in [0.1, 0.15) is 5.82 Å². The molecule has 1 saturated heterocycles. The minimum Gasteiger partial charge on any atom is -0.331 e. The summed E-state index contributed by atoms with van der Waals surface area (Å²) in [6.45, 7) is 3.07. The number of benzene rings is 1. The molecule has 2 amide bonds. The van der Waals surface area contributed by atoms with Crippen molar-refractivity contribution >= 4 is 17.5 Å². The van der Waals surface area contributed by atoms with Gasteiger partial charge in [-0.05, 0) is 36.2 Å². The highest BCUT2D eigenvalue weighted by molar-refractivity contribution is 5.91. The van der Waals surface area contributed by atoms with E-state index >= 15 is 0 Å². The van der Waals surface area contributed by atoms with Gasteiger partial charge in [-0.3, -0.25) is 14.6 Å². The molecule has 0 bridgehead atoms. The summed E-state index contributed by atoms with van der Waals surface area (Å²) in [5.74, 6) is -0.382. The molecule has 2 heterocycles. The second-order valence-corrected chi connectivity index (χ2v) is 6.73. The van der Waals surface area contributed by atoms with E-state index in [9.17, 15) is 14.0 Å². The topological polar surface area (TPSA) is 66.7 Å². The molecule has 1 aliphatic rings. The lowest BCUT2D eigenvalue weighted by molar-refractivity contribution is -0.895. The zero-order valence-electron chi connectivity index (χ0n) is 15.2. The van der Waals surface area contributed by atoms with Crippen LogP contribution >= 0.6 is 0 Å². The number of halogens is 1. The van der Waals surface area contributed by atoms with Crippen LogP contribution in [0.4, 0.5) is 10.1 Å². The van der Waals surface area contributed by atoms with Gasteiger partial charge in [-0.25, -0.2) is 4.39 Å². The van der Waals surface area contributed by atoms with Gasteiger partial charge in [0.2, 0.25) is 5.91 Å². The second kappa shape index (κ2) is 9.23. The average molecular weight is 371 g/mol. The molecule has 1 aromatic carbocycles. The Morgan fingerprint density at radius 2 is 2.00 bits per heavy atom. The number of hydrogen-bond donors (Lipinski definition) is 2. The van der Waals surface area contributed by atoms with E-state index in [-0.39, 0.29) is 17.6 Å². The quantitative estimate of drug-likeness (QED) is 0.778. The maximum absolute atomic E-state index is 13.2. The summed E-state index contributed by atoms with van der Waals surface area (Å²) in [4.78, 5) is 31.5. The van der Waals surface area contributed by atoms with Gasteiger partial charge in [0.15, 0.2) is 6.54 Å². The predicted molar refractivity (Wildman–Crippen MR) is 99.7 cm³/mol. The van der Waals surface area contributed by atoms with Crippen LogP contribution in [-0.2, 0) is 16.0 Å². The van der Waals surface area contributed by atoms with Crippen LogP contribution in [0.25, 0.3) is 0 Å². The Morgan fingerprint density at radius 1 is 1.19 bits per heavy atom. The number of pyridine rings is 1. The molecule has 7 heteroatoms. The van der Waals surface area contributed by atoms with Crippen LogP contribution in [0.3, 0.4) is 0 Å². The molecule has 0 unspecified atom stereocenters. The predicted octanol–water partition coefficient (Wildman–Crippen LogP) is 0.519. The fraction of sp³-hybridized carbons (Fsp3) is 0.350. The molecule has 27 heavy (non-hydrogen) atoms. The van der Waals surface area contributed by atoms with Crippen LogP contribution in [-0.4, -0.2) is 54.4 Å². The summed E-state index contributed by atoms with van der Waals surface area (Å²) in [6.07, 6.45) is 4.67. The molecule has 2 N–H and O–H groups in total. The lowest BCUT2D eigenvalue weighted by Crippen LogP contribution is -3.15. The van der Waals surface area contributed by atoms with E-state index in [1.165, 1.54) is 12.1 Å². The van der Waals surface area contributed by atoms with E-state index in [0.29, 0.717) is 38.2 Å². The molecule has 0 aliphatic carbocycles. The first-order valence-electron chi connectivity index (χ1n) is 9.16. The fourth-order valence-electron chi connectivity index (χ4n) is 3.20. The van der Waals surface area contributed by atoms with Crippen LogP contribution in [0.5, 0.6) is 0 Å². The standard InChI is InChI=1S/C20H23FN4O2/c21-17-4-1-5-18(13-17)23-19(26)15-24-9-11-25(12-10-24)20(27)7-6-16-3-2-8-22-14-16/h1-5,8,13-14H,6-7,9-12,15H2,(H,23,26)/p+1. The number of carbonyl (C=O) groups is 2. The zero-order valence-corrected chi connectivity index (χ0v) is 15.2. The lowest BCUT2D eigenvalue weighted by atomic mass is 10.1. The number of quaternary nitrogens is 1. The number of aromatic nitrogens is 1. The summed E-state index contributed by atoms with van der Waals surface area (Å²) in [5, 5.41) is 2.72. The van der Waals surface area contributed by atoms with Crippen molar-refractivity contribution in [1.29, 1.82) is 0 Å². The molecule has 0 saturated carbocycles. The lowest BCUT2D eigenvalue weighted by Gasteiger charge is -2.32. The summed E-state index contributed by atoms with van der Waals surface area (Å²) in [7, 11) is 0. The number of aryl methyl sites for hydroxylation is 1. The molecule has 1 aliphatic heterocycles. The van der Waals surface area contributed by atoms with Crippen LogP contribution in [0, 0.1) is 5.82 Å². The van der Waals surface area contributed by atoms with Crippen LogP contribution < -0.4 is 10.2 Å². The van der Waals surface area contributed by atoms with E-state index in [2.05, 4.69) is 10.3 Å². The van der Waals surface area contributed by atoms with Crippen molar-refractivity contribution in [1.82, 2.24) is 9.88 Å².